The number of nitrogens with zero attached hydrogens (tertiary/aromatic N) is 2. The van der Waals surface area contributed by atoms with Crippen molar-refractivity contribution >= 4 is 27.5 Å². The second-order valence-electron chi connectivity index (χ2n) is 9.01. The number of aliphatic hydroxyl groups excluding tert-OH is 1. The molecule has 0 fully saturated rings. The monoisotopic (exact) mass is 517 g/mol. The number of thiophene rings is 1. The number of aromatic nitrogens is 2. The molecule has 2 aromatic heterocycles. The van der Waals surface area contributed by atoms with Crippen molar-refractivity contribution < 1.29 is 24.1 Å². The maximum absolute atomic E-state index is 12.9. The van der Waals surface area contributed by atoms with Crippen LogP contribution in [0.3, 0.4) is 0 Å². The highest BCUT2D eigenvalue weighted by Gasteiger charge is 2.22. The van der Waals surface area contributed by atoms with Crippen LogP contribution in [0.4, 0.5) is 0 Å². The summed E-state index contributed by atoms with van der Waals surface area (Å²) >= 11 is 1.16. The molecule has 3 rings (SSSR count). The largest absolute Gasteiger partial charge is 0.491 e. The van der Waals surface area contributed by atoms with Crippen LogP contribution in [0.15, 0.2) is 29.1 Å². The van der Waals surface area contributed by atoms with E-state index >= 15 is 0 Å². The highest BCUT2D eigenvalue weighted by Crippen LogP contribution is 2.28. The fourth-order valence-electron chi connectivity index (χ4n) is 3.86. The number of hydrogen-bond donors (Lipinski definition) is 2. The van der Waals surface area contributed by atoms with Gasteiger partial charge in [0.25, 0.3) is 5.56 Å². The van der Waals surface area contributed by atoms with Crippen molar-refractivity contribution in [2.45, 2.75) is 52.9 Å². The molecule has 9 nitrogen and oxygen atoms in total. The first-order valence-corrected chi connectivity index (χ1v) is 12.8. The van der Waals surface area contributed by atoms with Gasteiger partial charge in [-0.25, -0.2) is 9.78 Å². The minimum atomic E-state index is -0.746. The van der Waals surface area contributed by atoms with E-state index in [1.165, 1.54) is 0 Å². The van der Waals surface area contributed by atoms with E-state index in [4.69, 9.17) is 14.2 Å². The number of nitrogens with one attached hydrogen (secondary N) is 1. The van der Waals surface area contributed by atoms with Crippen molar-refractivity contribution in [3.8, 4) is 5.75 Å². The van der Waals surface area contributed by atoms with Gasteiger partial charge in [0.2, 0.25) is 0 Å². The molecular formula is C26H35N3O6S. The van der Waals surface area contributed by atoms with Crippen molar-refractivity contribution in [3.05, 3.63) is 56.4 Å². The molecule has 0 unspecified atom stereocenters. The number of aryl methyl sites for hydroxylation is 2. The van der Waals surface area contributed by atoms with Gasteiger partial charge in [-0.3, -0.25) is 9.69 Å². The molecule has 0 spiro atoms. The highest BCUT2D eigenvalue weighted by atomic mass is 32.1. The van der Waals surface area contributed by atoms with Crippen molar-refractivity contribution in [1.82, 2.24) is 14.9 Å². The Kier molecular flexibility index (Phi) is 10.0. The van der Waals surface area contributed by atoms with Gasteiger partial charge in [0.1, 0.15) is 34.0 Å². The molecule has 1 atom stereocenters. The molecule has 0 saturated carbocycles. The van der Waals surface area contributed by atoms with Gasteiger partial charge in [-0.1, -0.05) is 18.2 Å². The molecular weight excluding hydrogens is 482 g/mol. The molecule has 0 radical (unpaired) electrons. The molecule has 10 heteroatoms. The van der Waals surface area contributed by atoms with Gasteiger partial charge in [0.05, 0.1) is 18.0 Å². The van der Waals surface area contributed by atoms with Gasteiger partial charge in [0, 0.05) is 26.8 Å². The number of aromatic amines is 1. The van der Waals surface area contributed by atoms with E-state index in [2.05, 4.69) is 9.97 Å². The van der Waals surface area contributed by atoms with Gasteiger partial charge in [0.15, 0.2) is 0 Å². The van der Waals surface area contributed by atoms with Gasteiger partial charge >= 0.3 is 5.97 Å². The predicted octanol–water partition coefficient (Wildman–Crippen LogP) is 3.45. The second-order valence-corrected chi connectivity index (χ2v) is 10.0. The Morgan fingerprint density at radius 2 is 2.00 bits per heavy atom. The summed E-state index contributed by atoms with van der Waals surface area (Å²) in [5, 5.41) is 11.1. The second kappa shape index (κ2) is 13.0. The zero-order valence-electron chi connectivity index (χ0n) is 21.5. The number of fused-ring (bicyclic) bond motifs is 1. The average Bonchev–Trinajstić information content (AvgIpc) is 3.15. The van der Waals surface area contributed by atoms with Crippen molar-refractivity contribution in [1.29, 1.82) is 0 Å². The van der Waals surface area contributed by atoms with E-state index in [1.54, 1.807) is 27.9 Å². The van der Waals surface area contributed by atoms with Gasteiger partial charge in [-0.05, 0) is 51.3 Å². The molecule has 2 heterocycles. The fourth-order valence-corrected chi connectivity index (χ4v) is 4.94. The SMILES string of the molecule is COCCCN(Cc1nc2sc(C(=O)OC(C)C)c(C)c2c(=O)[nH]1)C[C@H](O)COc1ccccc1C. The summed E-state index contributed by atoms with van der Waals surface area (Å²) in [4.78, 5) is 35.7. The lowest BCUT2D eigenvalue weighted by Crippen LogP contribution is -2.37. The number of esters is 1. The Bertz CT molecular complexity index is 1220. The lowest BCUT2D eigenvalue weighted by atomic mass is 10.2. The van der Waals surface area contributed by atoms with Crippen molar-refractivity contribution in [2.24, 2.45) is 0 Å². The number of carbonyl (C=O) groups is 1. The van der Waals surface area contributed by atoms with Crippen LogP contribution in [0.25, 0.3) is 10.2 Å². The summed E-state index contributed by atoms with van der Waals surface area (Å²) in [5.41, 5.74) is 1.27. The van der Waals surface area contributed by atoms with Crippen LogP contribution in [0.5, 0.6) is 5.75 Å². The molecule has 0 aliphatic carbocycles. The number of methoxy groups -OCH3 is 1. The molecule has 0 aliphatic rings. The Balaban J connectivity index is 1.75. The Morgan fingerprint density at radius 1 is 1.25 bits per heavy atom. The molecule has 0 aliphatic heterocycles. The number of rotatable bonds is 13. The Morgan fingerprint density at radius 3 is 2.69 bits per heavy atom. The molecule has 0 saturated heterocycles. The van der Waals surface area contributed by atoms with E-state index in [0.29, 0.717) is 52.7 Å². The van der Waals surface area contributed by atoms with E-state index < -0.39 is 12.1 Å². The minimum Gasteiger partial charge on any atom is -0.491 e. The summed E-state index contributed by atoms with van der Waals surface area (Å²) in [6, 6.07) is 7.66. The summed E-state index contributed by atoms with van der Waals surface area (Å²) in [5.74, 6) is 0.741. The number of carbonyl (C=O) groups excluding carboxylic acids is 1. The highest BCUT2D eigenvalue weighted by molar-refractivity contribution is 7.20. The summed E-state index contributed by atoms with van der Waals surface area (Å²) in [6.07, 6.45) is -0.257. The third-order valence-electron chi connectivity index (χ3n) is 5.57. The Labute approximate surface area is 215 Å². The maximum Gasteiger partial charge on any atom is 0.348 e. The van der Waals surface area contributed by atoms with Crippen LogP contribution in [0, 0.1) is 13.8 Å². The lowest BCUT2D eigenvalue weighted by Gasteiger charge is -2.24. The minimum absolute atomic E-state index is 0.139. The normalized spacial score (nSPS) is 12.4. The van der Waals surface area contributed by atoms with E-state index in [9.17, 15) is 14.7 Å². The summed E-state index contributed by atoms with van der Waals surface area (Å²) in [7, 11) is 1.64. The zero-order valence-corrected chi connectivity index (χ0v) is 22.3. The van der Waals surface area contributed by atoms with Crippen LogP contribution in [0.2, 0.25) is 0 Å². The smallest absolute Gasteiger partial charge is 0.348 e. The number of ether oxygens (including phenoxy) is 3. The first-order valence-electron chi connectivity index (χ1n) is 12.0. The third kappa shape index (κ3) is 7.36. The first-order chi connectivity index (χ1) is 17.2. The number of H-pyrrole nitrogens is 1. The van der Waals surface area contributed by atoms with Crippen molar-refractivity contribution in [2.75, 3.05) is 33.4 Å². The quantitative estimate of drug-likeness (QED) is 0.262. The summed E-state index contributed by atoms with van der Waals surface area (Å²) in [6.45, 7) is 9.23. The number of hydrogen-bond acceptors (Lipinski definition) is 9. The zero-order chi connectivity index (χ0) is 26.2. The molecule has 36 heavy (non-hydrogen) atoms. The van der Waals surface area contributed by atoms with Gasteiger partial charge < -0.3 is 24.3 Å². The number of benzene rings is 1. The lowest BCUT2D eigenvalue weighted by molar-refractivity contribution is 0.0383. The third-order valence-corrected chi connectivity index (χ3v) is 6.73. The van der Waals surface area contributed by atoms with Gasteiger partial charge in [-0.2, -0.15) is 0 Å². The average molecular weight is 518 g/mol. The van der Waals surface area contributed by atoms with E-state index in [0.717, 1.165) is 29.1 Å². The molecule has 3 aromatic rings. The fraction of sp³-hybridized carbons (Fsp3) is 0.500. The van der Waals surface area contributed by atoms with Crippen molar-refractivity contribution in [3.63, 3.8) is 0 Å². The molecule has 2 N–H and O–H groups in total. The molecule has 0 bridgehead atoms. The van der Waals surface area contributed by atoms with Crippen LogP contribution in [-0.4, -0.2) is 71.6 Å². The van der Waals surface area contributed by atoms with Crippen LogP contribution >= 0.6 is 11.3 Å². The van der Waals surface area contributed by atoms with Crippen LogP contribution < -0.4 is 10.3 Å². The topological polar surface area (TPSA) is 114 Å². The van der Waals surface area contributed by atoms with Crippen LogP contribution in [-0.2, 0) is 16.0 Å². The molecule has 1 aromatic carbocycles. The molecule has 0 amide bonds. The Hall–Kier alpha value is -2.79. The predicted molar refractivity (Wildman–Crippen MR) is 140 cm³/mol. The van der Waals surface area contributed by atoms with E-state index in [1.807, 2.05) is 36.1 Å². The maximum atomic E-state index is 12.9. The first kappa shape index (κ1) is 27.8. The standard InChI is InChI=1S/C26H35N3O6S/c1-16(2)35-26(32)23-18(4)22-24(31)27-21(28-25(22)36-23)14-29(11-8-12-33-5)13-19(30)15-34-20-10-7-6-9-17(20)3/h6-7,9-10,16,19,30H,8,11-15H2,1-5H3,(H,27,28,31)/t19-/m0/s1. The number of aliphatic hydroxyl groups is 1. The van der Waals surface area contributed by atoms with Crippen LogP contribution in [0.1, 0.15) is 46.9 Å². The molecule has 196 valence electrons. The van der Waals surface area contributed by atoms with Gasteiger partial charge in [-0.15, -0.1) is 11.3 Å². The summed E-state index contributed by atoms with van der Waals surface area (Å²) < 4.78 is 16.3. The number of para-hydroxylation sites is 1. The van der Waals surface area contributed by atoms with E-state index in [-0.39, 0.29) is 18.3 Å².